The van der Waals surface area contributed by atoms with Crippen molar-refractivity contribution >= 4 is 15.9 Å². The Hall–Kier alpha value is 0.190. The number of halogens is 4. The summed E-state index contributed by atoms with van der Waals surface area (Å²) < 4.78 is 39.1. The maximum atomic E-state index is 11.8. The van der Waals surface area contributed by atoms with E-state index in [-0.39, 0.29) is 6.61 Å². The first kappa shape index (κ1) is 14.3. The van der Waals surface area contributed by atoms with Crippen LogP contribution in [0.15, 0.2) is 0 Å². The van der Waals surface area contributed by atoms with Gasteiger partial charge in [0.2, 0.25) is 0 Å². The van der Waals surface area contributed by atoms with Gasteiger partial charge < -0.3 is 0 Å². The maximum Gasteiger partial charge on any atom is 0.522 e. The van der Waals surface area contributed by atoms with Gasteiger partial charge in [-0.2, -0.15) is 0 Å². The van der Waals surface area contributed by atoms with E-state index in [0.29, 0.717) is 12.6 Å². The largest absolute Gasteiger partial charge is 0.522 e. The van der Waals surface area contributed by atoms with E-state index in [0.717, 1.165) is 37.6 Å². The van der Waals surface area contributed by atoms with Crippen LogP contribution in [0.2, 0.25) is 0 Å². The molecule has 0 spiro atoms. The van der Waals surface area contributed by atoms with Crippen LogP contribution >= 0.6 is 15.9 Å². The Kier molecular flexibility index (Phi) is 6.07. The molecular formula is C10H17BrF3NO. The molecule has 1 unspecified atom stereocenters. The van der Waals surface area contributed by atoms with Crippen molar-refractivity contribution in [3.8, 4) is 0 Å². The van der Waals surface area contributed by atoms with Gasteiger partial charge in [-0.3, -0.25) is 9.64 Å². The lowest BCUT2D eigenvalue weighted by Crippen LogP contribution is -2.33. The van der Waals surface area contributed by atoms with Crippen LogP contribution in [-0.4, -0.2) is 42.3 Å². The zero-order valence-corrected chi connectivity index (χ0v) is 10.7. The Morgan fingerprint density at radius 2 is 2.12 bits per heavy atom. The predicted molar refractivity (Wildman–Crippen MR) is 59.6 cm³/mol. The standard InChI is InChI=1S/C10H17BrF3NO/c11-5-1-3-9-4-2-6-15(9)7-8-16-10(12,13)14/h9H,1-8H2. The van der Waals surface area contributed by atoms with E-state index in [1.165, 1.54) is 0 Å². The minimum Gasteiger partial charge on any atom is -0.298 e. The van der Waals surface area contributed by atoms with Gasteiger partial charge in [0.25, 0.3) is 0 Å². The molecule has 0 aromatic rings. The van der Waals surface area contributed by atoms with Gasteiger partial charge in [0.1, 0.15) is 0 Å². The van der Waals surface area contributed by atoms with Crippen molar-refractivity contribution in [3.63, 3.8) is 0 Å². The van der Waals surface area contributed by atoms with E-state index >= 15 is 0 Å². The third-order valence-electron chi connectivity index (χ3n) is 2.81. The summed E-state index contributed by atoms with van der Waals surface area (Å²) in [6.07, 6.45) is -0.193. The molecule has 1 aliphatic rings. The second-order valence-electron chi connectivity index (χ2n) is 3.96. The van der Waals surface area contributed by atoms with E-state index in [1.807, 2.05) is 0 Å². The number of likely N-dealkylation sites (tertiary alicyclic amines) is 1. The Morgan fingerprint density at radius 3 is 2.75 bits per heavy atom. The number of nitrogens with zero attached hydrogens (tertiary/aromatic N) is 1. The number of rotatable bonds is 6. The highest BCUT2D eigenvalue weighted by molar-refractivity contribution is 9.09. The fourth-order valence-electron chi connectivity index (χ4n) is 2.11. The number of hydrogen-bond acceptors (Lipinski definition) is 2. The molecule has 1 atom stereocenters. The smallest absolute Gasteiger partial charge is 0.298 e. The summed E-state index contributed by atoms with van der Waals surface area (Å²) in [5.74, 6) is 0. The molecule has 0 aromatic carbocycles. The van der Waals surface area contributed by atoms with Crippen molar-refractivity contribution in [2.24, 2.45) is 0 Å². The average molecular weight is 304 g/mol. The zero-order valence-electron chi connectivity index (χ0n) is 9.10. The van der Waals surface area contributed by atoms with E-state index < -0.39 is 6.36 Å². The first-order valence-electron chi connectivity index (χ1n) is 5.53. The highest BCUT2D eigenvalue weighted by Gasteiger charge is 2.30. The summed E-state index contributed by atoms with van der Waals surface area (Å²) in [5, 5.41) is 0.955. The number of alkyl halides is 4. The summed E-state index contributed by atoms with van der Waals surface area (Å²) in [7, 11) is 0. The summed E-state index contributed by atoms with van der Waals surface area (Å²) in [6.45, 7) is 1.02. The van der Waals surface area contributed by atoms with Gasteiger partial charge in [0.05, 0.1) is 6.61 Å². The van der Waals surface area contributed by atoms with Crippen molar-refractivity contribution in [1.82, 2.24) is 4.90 Å². The molecule has 1 fully saturated rings. The molecule has 1 saturated heterocycles. The lowest BCUT2D eigenvalue weighted by atomic mass is 10.1. The van der Waals surface area contributed by atoms with Gasteiger partial charge in [-0.25, -0.2) is 0 Å². The third-order valence-corrected chi connectivity index (χ3v) is 3.38. The highest BCUT2D eigenvalue weighted by atomic mass is 79.9. The van der Waals surface area contributed by atoms with Crippen LogP contribution in [0.1, 0.15) is 25.7 Å². The minimum absolute atomic E-state index is 0.256. The quantitative estimate of drug-likeness (QED) is 0.699. The second kappa shape index (κ2) is 6.81. The van der Waals surface area contributed by atoms with Crippen LogP contribution in [0.5, 0.6) is 0 Å². The summed E-state index contributed by atoms with van der Waals surface area (Å²) in [5.41, 5.74) is 0. The SMILES string of the molecule is FC(F)(F)OCCN1CCCC1CCCBr. The van der Waals surface area contributed by atoms with Crippen molar-refractivity contribution in [1.29, 1.82) is 0 Å². The Balaban J connectivity index is 2.19. The lowest BCUT2D eigenvalue weighted by Gasteiger charge is -2.24. The highest BCUT2D eigenvalue weighted by Crippen LogP contribution is 2.22. The van der Waals surface area contributed by atoms with E-state index in [9.17, 15) is 13.2 Å². The molecule has 1 heterocycles. The van der Waals surface area contributed by atoms with Gasteiger partial charge >= 0.3 is 6.36 Å². The molecule has 6 heteroatoms. The van der Waals surface area contributed by atoms with Crippen molar-refractivity contribution in [3.05, 3.63) is 0 Å². The van der Waals surface area contributed by atoms with Gasteiger partial charge in [-0.15, -0.1) is 13.2 Å². The zero-order chi connectivity index (χ0) is 12.0. The molecule has 0 N–H and O–H groups in total. The first-order chi connectivity index (χ1) is 7.53. The van der Waals surface area contributed by atoms with E-state index in [4.69, 9.17) is 0 Å². The Labute approximate surface area is 102 Å². The van der Waals surface area contributed by atoms with E-state index in [1.54, 1.807) is 0 Å². The maximum absolute atomic E-state index is 11.8. The normalized spacial score (nSPS) is 22.9. The molecule has 0 bridgehead atoms. The topological polar surface area (TPSA) is 12.5 Å². The summed E-state index contributed by atoms with van der Waals surface area (Å²) in [6, 6.07) is 0.439. The van der Waals surface area contributed by atoms with Gasteiger partial charge in [-0.1, -0.05) is 15.9 Å². The summed E-state index contributed by atoms with van der Waals surface area (Å²) in [4.78, 5) is 2.11. The van der Waals surface area contributed by atoms with Gasteiger partial charge in [0, 0.05) is 17.9 Å². The van der Waals surface area contributed by atoms with Crippen LogP contribution in [0.4, 0.5) is 13.2 Å². The molecular weight excluding hydrogens is 287 g/mol. The predicted octanol–water partition coefficient (Wildman–Crippen LogP) is 3.16. The van der Waals surface area contributed by atoms with E-state index in [2.05, 4.69) is 25.6 Å². The third kappa shape index (κ3) is 5.50. The van der Waals surface area contributed by atoms with Crippen molar-refractivity contribution < 1.29 is 17.9 Å². The van der Waals surface area contributed by atoms with Crippen LogP contribution in [0.25, 0.3) is 0 Å². The fraction of sp³-hybridized carbons (Fsp3) is 1.00. The number of ether oxygens (including phenoxy) is 1. The molecule has 16 heavy (non-hydrogen) atoms. The molecule has 0 saturated carbocycles. The molecule has 1 aliphatic heterocycles. The monoisotopic (exact) mass is 303 g/mol. The summed E-state index contributed by atoms with van der Waals surface area (Å²) >= 11 is 3.36. The second-order valence-corrected chi connectivity index (χ2v) is 4.75. The van der Waals surface area contributed by atoms with Crippen molar-refractivity contribution in [2.45, 2.75) is 38.1 Å². The minimum atomic E-state index is -4.49. The van der Waals surface area contributed by atoms with Gasteiger partial charge in [-0.05, 0) is 32.2 Å². The first-order valence-corrected chi connectivity index (χ1v) is 6.66. The molecule has 0 amide bonds. The molecule has 2 nitrogen and oxygen atoms in total. The number of hydrogen-bond donors (Lipinski definition) is 0. The van der Waals surface area contributed by atoms with Crippen LogP contribution in [0, 0.1) is 0 Å². The lowest BCUT2D eigenvalue weighted by molar-refractivity contribution is -0.325. The Morgan fingerprint density at radius 1 is 1.38 bits per heavy atom. The van der Waals surface area contributed by atoms with Gasteiger partial charge in [0.15, 0.2) is 0 Å². The molecule has 0 aromatic heterocycles. The van der Waals surface area contributed by atoms with Crippen LogP contribution in [0.3, 0.4) is 0 Å². The molecule has 1 rings (SSSR count). The molecule has 0 aliphatic carbocycles. The van der Waals surface area contributed by atoms with Crippen molar-refractivity contribution in [2.75, 3.05) is 25.0 Å². The van der Waals surface area contributed by atoms with Crippen LogP contribution in [-0.2, 0) is 4.74 Å². The van der Waals surface area contributed by atoms with Crippen LogP contribution < -0.4 is 0 Å². The fourth-order valence-corrected chi connectivity index (χ4v) is 2.43. The molecule has 0 radical (unpaired) electrons. The Bertz CT molecular complexity index is 201. The molecule has 96 valence electrons. The average Bonchev–Trinajstić information content (AvgIpc) is 2.60.